The second-order valence-corrected chi connectivity index (χ2v) is 36.5. The number of aromatic nitrogens is 9. The number of nitrogens with zero attached hydrogens (tertiary/aromatic N) is 9. The fourth-order valence-corrected chi connectivity index (χ4v) is 24.3. The van der Waals surface area contributed by atoms with E-state index in [1.165, 1.54) is 174 Å². The SMILES string of the molecule is c1ccc(-c2nc(-c3ccccc3)nc(-c3ccc(-n4c5ccccc5c5cc(-c6cccc7c6sc6c7ccc7c8ccccc8sc76)ccc54)cc3)n2)cc1.c1ccc(-c2nc(-c3ccccc3)nc(-c3ccc4sc5ccc(-n6c7ccccc7c7cc(-c8cccc9c8sc8c9ccc9c%10ccccc%10n(-c%10ccccc%10)c98)ccc76)cc5c4c3)n2)cc1. The Morgan fingerprint density at radius 2 is 0.480 bits per heavy atom. The van der Waals surface area contributed by atoms with Gasteiger partial charge < -0.3 is 13.7 Å². The minimum absolute atomic E-state index is 0.643. The van der Waals surface area contributed by atoms with Gasteiger partial charge >= 0.3 is 0 Å². The first-order valence-electron chi connectivity index (χ1n) is 42.5. The summed E-state index contributed by atoms with van der Waals surface area (Å²) in [5.41, 5.74) is 21.2. The van der Waals surface area contributed by atoms with Crippen molar-refractivity contribution in [3.63, 3.8) is 0 Å². The average molecular weight is 1690 g/mol. The maximum atomic E-state index is 5.07. The molecule has 18 aromatic carbocycles. The Morgan fingerprint density at radius 3 is 1.01 bits per heavy atom. The molecule has 0 amide bonds. The predicted molar refractivity (Wildman–Crippen MR) is 538 cm³/mol. The fourth-order valence-electron chi connectivity index (χ4n) is 19.2. The molecular formula is C114H67N9S4. The second kappa shape index (κ2) is 29.5. The molecule has 0 spiro atoms. The van der Waals surface area contributed by atoms with E-state index in [0.717, 1.165) is 44.8 Å². The summed E-state index contributed by atoms with van der Waals surface area (Å²) in [7, 11) is 0. The third-order valence-corrected chi connectivity index (χ3v) is 30.1. The van der Waals surface area contributed by atoms with E-state index in [2.05, 4.69) is 323 Å². The van der Waals surface area contributed by atoms with Gasteiger partial charge in [-0.05, 0) is 144 Å². The summed E-state index contributed by atoms with van der Waals surface area (Å²) in [6.45, 7) is 0. The number of rotatable bonds is 11. The Hall–Kier alpha value is -15.7. The molecule has 0 saturated heterocycles. The standard InChI is InChI=1S/C63H37N5S2.C51H30N4S2/c1-4-15-38(16-5-1)61-64-62(39-17-6-2-7-18-39)66-63(65-61)41-28-33-56-51(36-41)52-37-43(29-34-57(52)69-56)67-53-25-12-11-22-46(53)50-35-40(27-32-55(50)67)44-23-14-24-48-49-31-30-47-45-21-10-13-26-54(45)68(42-19-8-3-9-20-42)58(47)60(49)70-59(44)48;1-3-12-31(13-4-1)49-52-50(32-14-5-2-6-15-32)54-51(53-49)33-22-25-35(26-23-33)55-43-20-9-7-16-37(43)42-30-34(24-29-44(42)55)36-18-11-19-39-41-28-27-40-38-17-8-10-21-45(38)56-47(40)48(41)57-46(36)39/h1-37H;1-30H. The summed E-state index contributed by atoms with van der Waals surface area (Å²) in [5.74, 6) is 3.91. The van der Waals surface area contributed by atoms with Crippen LogP contribution in [0.1, 0.15) is 0 Å². The van der Waals surface area contributed by atoms with Crippen molar-refractivity contribution in [2.75, 3.05) is 0 Å². The Labute approximate surface area is 743 Å². The maximum absolute atomic E-state index is 5.07. The van der Waals surface area contributed by atoms with Crippen LogP contribution in [0.5, 0.6) is 0 Å². The number of hydrogen-bond donors (Lipinski definition) is 0. The molecule has 127 heavy (non-hydrogen) atoms. The zero-order valence-corrected chi connectivity index (χ0v) is 71.1. The van der Waals surface area contributed by atoms with E-state index in [4.69, 9.17) is 29.9 Å². The molecule has 9 heterocycles. The van der Waals surface area contributed by atoms with Gasteiger partial charge in [0.05, 0.1) is 47.2 Å². The van der Waals surface area contributed by atoms with Crippen LogP contribution in [0.15, 0.2) is 406 Å². The normalized spacial score (nSPS) is 11.9. The zero-order valence-electron chi connectivity index (χ0n) is 67.8. The van der Waals surface area contributed by atoms with E-state index in [-0.39, 0.29) is 0 Å². The lowest BCUT2D eigenvalue weighted by Gasteiger charge is -2.11. The third-order valence-electron chi connectivity index (χ3n) is 25.0. The largest absolute Gasteiger partial charge is 0.309 e. The van der Waals surface area contributed by atoms with Crippen molar-refractivity contribution in [2.45, 2.75) is 0 Å². The van der Waals surface area contributed by atoms with Crippen LogP contribution in [0.25, 0.3) is 254 Å². The molecule has 0 aliphatic heterocycles. The summed E-state index contributed by atoms with van der Waals surface area (Å²) >= 11 is 7.57. The monoisotopic (exact) mass is 1690 g/mol. The van der Waals surface area contributed by atoms with E-state index in [0.29, 0.717) is 34.9 Å². The summed E-state index contributed by atoms with van der Waals surface area (Å²) in [6.07, 6.45) is 0. The van der Waals surface area contributed by atoms with Crippen LogP contribution in [0.2, 0.25) is 0 Å². The molecule has 0 aliphatic carbocycles. The molecule has 9 aromatic heterocycles. The van der Waals surface area contributed by atoms with Crippen LogP contribution >= 0.6 is 45.3 Å². The highest BCUT2D eigenvalue weighted by atomic mass is 32.1. The predicted octanol–water partition coefficient (Wildman–Crippen LogP) is 31.8. The first-order chi connectivity index (χ1) is 62.9. The van der Waals surface area contributed by atoms with Gasteiger partial charge in [-0.3, -0.25) is 0 Å². The number of fused-ring (bicyclic) bond motifs is 23. The van der Waals surface area contributed by atoms with Crippen LogP contribution in [0.3, 0.4) is 0 Å². The smallest absolute Gasteiger partial charge is 0.164 e. The molecule has 0 saturated carbocycles. The number of hydrogen-bond acceptors (Lipinski definition) is 10. The van der Waals surface area contributed by atoms with Gasteiger partial charge in [0.25, 0.3) is 0 Å². The van der Waals surface area contributed by atoms with E-state index in [1.807, 2.05) is 142 Å². The lowest BCUT2D eigenvalue weighted by atomic mass is 10.0. The Kier molecular flexibility index (Phi) is 16.9. The van der Waals surface area contributed by atoms with Gasteiger partial charge in [-0.15, -0.1) is 45.3 Å². The molecule has 592 valence electrons. The van der Waals surface area contributed by atoms with Gasteiger partial charge in [0.2, 0.25) is 0 Å². The first kappa shape index (κ1) is 72.9. The highest BCUT2D eigenvalue weighted by Gasteiger charge is 2.25. The summed E-state index contributed by atoms with van der Waals surface area (Å²) in [6, 6.07) is 146. The summed E-state index contributed by atoms with van der Waals surface area (Å²) in [5, 5.41) is 17.8. The molecule has 0 radical (unpaired) electrons. The molecule has 0 unspecified atom stereocenters. The fraction of sp³-hybridized carbons (Fsp3) is 0. The quantitative estimate of drug-likeness (QED) is 0.128. The van der Waals surface area contributed by atoms with Crippen molar-refractivity contribution in [1.29, 1.82) is 0 Å². The van der Waals surface area contributed by atoms with Crippen molar-refractivity contribution in [3.05, 3.63) is 406 Å². The highest BCUT2D eigenvalue weighted by Crippen LogP contribution is 2.51. The third kappa shape index (κ3) is 12.0. The van der Waals surface area contributed by atoms with E-state index in [9.17, 15) is 0 Å². The van der Waals surface area contributed by atoms with Gasteiger partial charge in [-0.25, -0.2) is 29.9 Å². The van der Waals surface area contributed by atoms with Crippen molar-refractivity contribution in [3.8, 4) is 108 Å². The molecule has 0 fully saturated rings. The van der Waals surface area contributed by atoms with Gasteiger partial charge in [0, 0.05) is 149 Å². The topological polar surface area (TPSA) is 92.1 Å². The van der Waals surface area contributed by atoms with Crippen molar-refractivity contribution < 1.29 is 0 Å². The Bertz CT molecular complexity index is 9030. The van der Waals surface area contributed by atoms with Gasteiger partial charge in [0.1, 0.15) is 0 Å². The number of thiophene rings is 4. The molecule has 0 aliphatic rings. The van der Waals surface area contributed by atoms with Crippen molar-refractivity contribution >= 4 is 191 Å². The van der Waals surface area contributed by atoms with Gasteiger partial charge in [-0.2, -0.15) is 0 Å². The number of benzene rings is 18. The molecule has 27 aromatic rings. The lowest BCUT2D eigenvalue weighted by Crippen LogP contribution is -2.00. The number of para-hydroxylation sites is 4. The molecule has 0 atom stereocenters. The Morgan fingerprint density at radius 1 is 0.157 bits per heavy atom. The minimum Gasteiger partial charge on any atom is -0.309 e. The van der Waals surface area contributed by atoms with Gasteiger partial charge in [0.15, 0.2) is 34.9 Å². The van der Waals surface area contributed by atoms with Crippen LogP contribution in [0, 0.1) is 0 Å². The van der Waals surface area contributed by atoms with Crippen molar-refractivity contribution in [2.24, 2.45) is 0 Å². The lowest BCUT2D eigenvalue weighted by molar-refractivity contribution is 1.07. The van der Waals surface area contributed by atoms with Crippen molar-refractivity contribution in [1.82, 2.24) is 43.6 Å². The molecule has 0 bridgehead atoms. The summed E-state index contributed by atoms with van der Waals surface area (Å²) in [4.78, 5) is 29.9. The average Bonchev–Trinajstić information content (AvgIpc) is 1.56. The zero-order chi connectivity index (χ0) is 83.3. The Balaban J connectivity index is 0.000000138. The van der Waals surface area contributed by atoms with Crippen LogP contribution in [-0.4, -0.2) is 43.6 Å². The van der Waals surface area contributed by atoms with E-state index >= 15 is 0 Å². The van der Waals surface area contributed by atoms with Crippen LogP contribution < -0.4 is 0 Å². The maximum Gasteiger partial charge on any atom is 0.164 e. The molecule has 9 nitrogen and oxygen atoms in total. The van der Waals surface area contributed by atoms with Crippen LogP contribution in [0.4, 0.5) is 0 Å². The summed E-state index contributed by atoms with van der Waals surface area (Å²) < 4.78 is 17.8. The molecule has 27 rings (SSSR count). The van der Waals surface area contributed by atoms with Gasteiger partial charge in [-0.1, -0.05) is 285 Å². The second-order valence-electron chi connectivity index (χ2n) is 32.3. The molecular weight excluding hydrogens is 1620 g/mol. The van der Waals surface area contributed by atoms with Crippen LogP contribution in [-0.2, 0) is 0 Å². The first-order valence-corrected chi connectivity index (χ1v) is 45.8. The highest BCUT2D eigenvalue weighted by molar-refractivity contribution is 7.34. The molecule has 13 heteroatoms. The van der Waals surface area contributed by atoms with E-state index < -0.39 is 0 Å². The van der Waals surface area contributed by atoms with E-state index in [1.54, 1.807) is 0 Å². The molecule has 0 N–H and O–H groups in total. The minimum atomic E-state index is 0.643.